The molecular formula is C14H14Br3ClN2O. The standard InChI is InChI=1S/C14H14Br3ClN2O/c1-3-11-13(17)12(20(2)19-11)7-21-14-9(15)4-8(6-18)5-10(14)16/h4-5H,3,6-7H2,1-2H3. The van der Waals surface area contributed by atoms with Gasteiger partial charge in [0.25, 0.3) is 0 Å². The summed E-state index contributed by atoms with van der Waals surface area (Å²) in [5.41, 5.74) is 3.07. The first-order valence-electron chi connectivity index (χ1n) is 6.34. The van der Waals surface area contributed by atoms with Crippen LogP contribution in [0.5, 0.6) is 5.75 Å². The van der Waals surface area contributed by atoms with E-state index in [1.165, 1.54) is 0 Å². The van der Waals surface area contributed by atoms with Crippen molar-refractivity contribution < 1.29 is 4.74 Å². The molecule has 1 aromatic carbocycles. The zero-order valence-corrected chi connectivity index (χ0v) is 17.1. The molecule has 0 aliphatic carbocycles. The first-order valence-corrected chi connectivity index (χ1v) is 9.26. The minimum Gasteiger partial charge on any atom is -0.485 e. The number of nitrogens with zero attached hydrogens (tertiary/aromatic N) is 2. The third kappa shape index (κ3) is 3.84. The van der Waals surface area contributed by atoms with Gasteiger partial charge in [-0.15, -0.1) is 11.6 Å². The first-order chi connectivity index (χ1) is 9.97. The Balaban J connectivity index is 2.23. The van der Waals surface area contributed by atoms with E-state index in [2.05, 4.69) is 59.8 Å². The average Bonchev–Trinajstić information content (AvgIpc) is 2.72. The molecule has 3 nitrogen and oxygen atoms in total. The van der Waals surface area contributed by atoms with E-state index in [-0.39, 0.29) is 0 Å². The Labute approximate surface area is 154 Å². The predicted molar refractivity (Wildman–Crippen MR) is 96.0 cm³/mol. The van der Waals surface area contributed by atoms with Crippen LogP contribution >= 0.6 is 59.4 Å². The minimum atomic E-state index is 0.432. The summed E-state index contributed by atoms with van der Waals surface area (Å²) in [4.78, 5) is 0. The second kappa shape index (κ2) is 7.49. The molecule has 0 atom stereocenters. The van der Waals surface area contributed by atoms with E-state index in [4.69, 9.17) is 16.3 Å². The number of benzene rings is 1. The highest BCUT2D eigenvalue weighted by atomic mass is 79.9. The molecule has 0 saturated carbocycles. The number of aromatic nitrogens is 2. The Bertz CT molecular complexity index is 635. The molecule has 0 saturated heterocycles. The largest absolute Gasteiger partial charge is 0.485 e. The van der Waals surface area contributed by atoms with Gasteiger partial charge in [0.1, 0.15) is 12.4 Å². The number of ether oxygens (including phenoxy) is 1. The van der Waals surface area contributed by atoms with Crippen LogP contribution in [0.15, 0.2) is 25.6 Å². The van der Waals surface area contributed by atoms with Gasteiger partial charge in [0, 0.05) is 12.9 Å². The highest BCUT2D eigenvalue weighted by Gasteiger charge is 2.15. The summed E-state index contributed by atoms with van der Waals surface area (Å²) >= 11 is 16.5. The Morgan fingerprint density at radius 2 is 1.86 bits per heavy atom. The molecule has 0 aliphatic heterocycles. The molecule has 0 radical (unpaired) electrons. The van der Waals surface area contributed by atoms with Gasteiger partial charge in [0.2, 0.25) is 0 Å². The van der Waals surface area contributed by atoms with Crippen LogP contribution in [0.1, 0.15) is 23.9 Å². The molecule has 0 aliphatic rings. The number of hydrogen-bond acceptors (Lipinski definition) is 2. The van der Waals surface area contributed by atoms with Crippen LogP contribution in [0.3, 0.4) is 0 Å². The topological polar surface area (TPSA) is 27.1 Å². The number of alkyl halides is 1. The van der Waals surface area contributed by atoms with E-state index in [9.17, 15) is 0 Å². The van der Waals surface area contributed by atoms with Crippen LogP contribution in [0.4, 0.5) is 0 Å². The van der Waals surface area contributed by atoms with Crippen molar-refractivity contribution in [2.45, 2.75) is 25.8 Å². The molecule has 1 heterocycles. The van der Waals surface area contributed by atoms with Gasteiger partial charge in [0.15, 0.2) is 0 Å². The van der Waals surface area contributed by atoms with E-state index >= 15 is 0 Å². The van der Waals surface area contributed by atoms with Crippen molar-refractivity contribution in [1.29, 1.82) is 0 Å². The summed E-state index contributed by atoms with van der Waals surface area (Å²) < 4.78 is 10.6. The van der Waals surface area contributed by atoms with Gasteiger partial charge in [-0.3, -0.25) is 4.68 Å². The lowest BCUT2D eigenvalue weighted by Gasteiger charge is -2.12. The van der Waals surface area contributed by atoms with Gasteiger partial charge in [-0.2, -0.15) is 5.10 Å². The van der Waals surface area contributed by atoms with Crippen LogP contribution in [0, 0.1) is 0 Å². The van der Waals surface area contributed by atoms with Crippen molar-refractivity contribution in [1.82, 2.24) is 9.78 Å². The summed E-state index contributed by atoms with van der Waals surface area (Å²) in [5.74, 6) is 1.22. The fourth-order valence-electron chi connectivity index (χ4n) is 1.94. The molecule has 0 spiro atoms. The monoisotopic (exact) mass is 498 g/mol. The molecule has 2 rings (SSSR count). The summed E-state index contributed by atoms with van der Waals surface area (Å²) in [5, 5.41) is 4.46. The van der Waals surface area contributed by atoms with Crippen molar-refractivity contribution in [3.8, 4) is 5.75 Å². The molecule has 0 N–H and O–H groups in total. The van der Waals surface area contributed by atoms with Gasteiger partial charge >= 0.3 is 0 Å². The van der Waals surface area contributed by atoms with E-state index in [0.717, 1.165) is 42.5 Å². The summed E-state index contributed by atoms with van der Waals surface area (Å²) in [6.45, 7) is 2.51. The zero-order chi connectivity index (χ0) is 15.6. The van der Waals surface area contributed by atoms with E-state index in [0.29, 0.717) is 12.5 Å². The van der Waals surface area contributed by atoms with Crippen molar-refractivity contribution in [3.63, 3.8) is 0 Å². The number of halogens is 4. The van der Waals surface area contributed by atoms with Crippen LogP contribution in [-0.4, -0.2) is 9.78 Å². The molecular weight excluding hydrogens is 487 g/mol. The Kier molecular flexibility index (Phi) is 6.17. The Morgan fingerprint density at radius 3 is 2.33 bits per heavy atom. The van der Waals surface area contributed by atoms with Gasteiger partial charge in [-0.05, 0) is 71.9 Å². The van der Waals surface area contributed by atoms with E-state index < -0.39 is 0 Å². The number of aryl methyl sites for hydroxylation is 2. The van der Waals surface area contributed by atoms with Gasteiger partial charge < -0.3 is 4.74 Å². The Hall–Kier alpha value is -0.0400. The lowest BCUT2D eigenvalue weighted by atomic mass is 10.2. The third-order valence-electron chi connectivity index (χ3n) is 3.07. The second-order valence-electron chi connectivity index (χ2n) is 4.50. The third-order valence-corrected chi connectivity index (χ3v) is 5.47. The maximum atomic E-state index is 5.94. The fraction of sp³-hybridized carbons (Fsp3) is 0.357. The van der Waals surface area contributed by atoms with Crippen LogP contribution in [-0.2, 0) is 26.0 Å². The van der Waals surface area contributed by atoms with Crippen molar-refractivity contribution in [2.75, 3.05) is 0 Å². The minimum absolute atomic E-state index is 0.432. The smallest absolute Gasteiger partial charge is 0.148 e. The second-order valence-corrected chi connectivity index (χ2v) is 7.26. The summed E-state index contributed by atoms with van der Waals surface area (Å²) in [6.07, 6.45) is 0.881. The highest BCUT2D eigenvalue weighted by Crippen LogP contribution is 2.36. The molecule has 1 aromatic heterocycles. The molecule has 0 fully saturated rings. The summed E-state index contributed by atoms with van der Waals surface area (Å²) in [7, 11) is 1.92. The first kappa shape index (κ1) is 17.3. The maximum absolute atomic E-state index is 5.94. The number of rotatable bonds is 5. The average molecular weight is 501 g/mol. The molecule has 0 bridgehead atoms. The molecule has 0 amide bonds. The van der Waals surface area contributed by atoms with Gasteiger partial charge in [-0.1, -0.05) is 6.92 Å². The van der Waals surface area contributed by atoms with Crippen molar-refractivity contribution in [2.24, 2.45) is 7.05 Å². The van der Waals surface area contributed by atoms with Crippen LogP contribution in [0.2, 0.25) is 0 Å². The van der Waals surface area contributed by atoms with E-state index in [1.807, 2.05) is 23.9 Å². The number of hydrogen-bond donors (Lipinski definition) is 0. The highest BCUT2D eigenvalue weighted by molar-refractivity contribution is 9.11. The fourth-order valence-corrected chi connectivity index (χ4v) is 4.34. The maximum Gasteiger partial charge on any atom is 0.148 e. The molecule has 114 valence electrons. The SMILES string of the molecule is CCc1nn(C)c(COc2c(Br)cc(CCl)cc2Br)c1Br. The van der Waals surface area contributed by atoms with Crippen LogP contribution < -0.4 is 4.74 Å². The normalized spacial score (nSPS) is 11.0. The lowest BCUT2D eigenvalue weighted by Crippen LogP contribution is -2.04. The molecule has 0 unspecified atom stereocenters. The molecule has 7 heteroatoms. The molecule has 2 aromatic rings. The van der Waals surface area contributed by atoms with Crippen LogP contribution in [0.25, 0.3) is 0 Å². The van der Waals surface area contributed by atoms with Gasteiger partial charge in [0.05, 0.1) is 24.8 Å². The predicted octanol–water partition coefficient (Wildman–Crippen LogP) is 5.59. The zero-order valence-electron chi connectivity index (χ0n) is 11.6. The summed E-state index contributed by atoms with van der Waals surface area (Å²) in [6, 6.07) is 3.92. The molecule has 21 heavy (non-hydrogen) atoms. The van der Waals surface area contributed by atoms with Crippen molar-refractivity contribution >= 4 is 59.4 Å². The quantitative estimate of drug-likeness (QED) is 0.500. The van der Waals surface area contributed by atoms with Crippen molar-refractivity contribution in [3.05, 3.63) is 42.5 Å². The van der Waals surface area contributed by atoms with Gasteiger partial charge in [-0.25, -0.2) is 0 Å². The van der Waals surface area contributed by atoms with E-state index in [1.54, 1.807) is 0 Å². The Morgan fingerprint density at radius 1 is 1.24 bits per heavy atom. The lowest BCUT2D eigenvalue weighted by molar-refractivity contribution is 0.290.